The molecule has 0 saturated heterocycles. The van der Waals surface area contributed by atoms with E-state index in [1.165, 1.54) is 12.0 Å². The zero-order valence-electron chi connectivity index (χ0n) is 17.9. The lowest BCUT2D eigenvalue weighted by Crippen LogP contribution is -2.35. The second-order valence-corrected chi connectivity index (χ2v) is 7.28. The van der Waals surface area contributed by atoms with E-state index in [0.29, 0.717) is 51.6 Å². The molecule has 166 valence electrons. The molecule has 1 aliphatic heterocycles. The number of aromatic amines is 1. The first-order valence-electron chi connectivity index (χ1n) is 9.99. The van der Waals surface area contributed by atoms with Crippen LogP contribution in [0.2, 0.25) is 0 Å². The Labute approximate surface area is 183 Å². The number of nitrogens with zero attached hydrogens (tertiary/aromatic N) is 1. The Kier molecular flexibility index (Phi) is 5.48. The van der Waals surface area contributed by atoms with Crippen molar-refractivity contribution in [3.8, 4) is 17.2 Å². The Morgan fingerprint density at radius 3 is 2.69 bits per heavy atom. The van der Waals surface area contributed by atoms with Gasteiger partial charge in [-0.3, -0.25) is 14.4 Å². The molecule has 32 heavy (non-hydrogen) atoms. The number of fused-ring (bicyclic) bond motifs is 2. The number of carbonyl (C=O) groups is 3. The van der Waals surface area contributed by atoms with Gasteiger partial charge in [0.05, 0.1) is 37.0 Å². The number of ketones is 1. The van der Waals surface area contributed by atoms with Gasteiger partial charge < -0.3 is 29.2 Å². The van der Waals surface area contributed by atoms with Gasteiger partial charge in [-0.05, 0) is 31.2 Å². The van der Waals surface area contributed by atoms with Gasteiger partial charge in [0.1, 0.15) is 5.75 Å². The van der Waals surface area contributed by atoms with Crippen LogP contribution in [0.5, 0.6) is 17.2 Å². The van der Waals surface area contributed by atoms with E-state index >= 15 is 0 Å². The fourth-order valence-corrected chi connectivity index (χ4v) is 3.77. The van der Waals surface area contributed by atoms with Crippen LogP contribution in [-0.2, 0) is 16.0 Å². The first-order valence-corrected chi connectivity index (χ1v) is 9.99. The number of hydrogen-bond donors (Lipinski definition) is 2. The number of aliphatic carboxylic acids is 1. The fraction of sp³-hybridized carbons (Fsp3) is 0.261. The molecule has 0 aliphatic carbocycles. The maximum Gasteiger partial charge on any atom is 0.307 e. The van der Waals surface area contributed by atoms with Crippen LogP contribution in [0.3, 0.4) is 0 Å². The average molecular weight is 438 g/mol. The molecule has 1 amide bonds. The number of nitrogens with one attached hydrogen (secondary N) is 1. The van der Waals surface area contributed by atoms with Crippen molar-refractivity contribution in [1.29, 1.82) is 0 Å². The van der Waals surface area contributed by atoms with E-state index in [0.717, 1.165) is 0 Å². The number of amides is 1. The van der Waals surface area contributed by atoms with E-state index < -0.39 is 11.8 Å². The van der Waals surface area contributed by atoms with Crippen LogP contribution < -0.4 is 19.1 Å². The number of ether oxygens (including phenoxy) is 3. The third kappa shape index (κ3) is 3.62. The maximum absolute atomic E-state index is 13.4. The Balaban J connectivity index is 1.85. The maximum atomic E-state index is 13.4. The normalized spacial score (nSPS) is 13.0. The summed E-state index contributed by atoms with van der Waals surface area (Å²) in [4.78, 5) is 41.5. The van der Waals surface area contributed by atoms with E-state index in [-0.39, 0.29) is 24.6 Å². The molecule has 9 nitrogen and oxygen atoms in total. The number of carboxylic acid groups (broad SMARTS) is 1. The molecular formula is C23H22N2O7. The van der Waals surface area contributed by atoms with Gasteiger partial charge in [0.25, 0.3) is 5.91 Å². The summed E-state index contributed by atoms with van der Waals surface area (Å²) in [5.41, 5.74) is 1.83. The highest BCUT2D eigenvalue weighted by Crippen LogP contribution is 2.37. The number of carbonyl (C=O) groups excluding carboxylic acids is 2. The van der Waals surface area contributed by atoms with Gasteiger partial charge in [-0.2, -0.15) is 0 Å². The van der Waals surface area contributed by atoms with E-state index in [4.69, 9.17) is 14.2 Å². The monoisotopic (exact) mass is 438 g/mol. The Morgan fingerprint density at radius 2 is 2.00 bits per heavy atom. The Hall–Kier alpha value is -4.01. The number of H-pyrrole nitrogens is 1. The quantitative estimate of drug-likeness (QED) is 0.545. The molecule has 0 radical (unpaired) electrons. The molecule has 2 heterocycles. The van der Waals surface area contributed by atoms with Crippen LogP contribution in [0.25, 0.3) is 10.9 Å². The summed E-state index contributed by atoms with van der Waals surface area (Å²) in [6.45, 7) is 2.16. The summed E-state index contributed by atoms with van der Waals surface area (Å²) >= 11 is 0. The van der Waals surface area contributed by atoms with Crippen molar-refractivity contribution >= 4 is 34.3 Å². The van der Waals surface area contributed by atoms with E-state index in [1.807, 2.05) is 6.92 Å². The summed E-state index contributed by atoms with van der Waals surface area (Å²) in [5, 5.41) is 10.0. The van der Waals surface area contributed by atoms with Gasteiger partial charge in [0.15, 0.2) is 18.1 Å². The SMILES string of the molecule is CCOc1cc2c(CC(=O)O)c(C(=O)c3ccc4c(c3)N(C)C(=O)CO4)[nH]c2cc1OC. The van der Waals surface area contributed by atoms with Crippen molar-refractivity contribution in [3.63, 3.8) is 0 Å². The molecule has 1 aromatic heterocycles. The molecule has 4 rings (SSSR count). The second kappa shape index (κ2) is 8.26. The number of hydrogen-bond acceptors (Lipinski definition) is 6. The summed E-state index contributed by atoms with van der Waals surface area (Å²) in [6, 6.07) is 8.14. The number of carboxylic acids is 1. The lowest BCUT2D eigenvalue weighted by molar-refractivity contribution is -0.136. The first kappa shape index (κ1) is 21.2. The minimum atomic E-state index is -1.07. The van der Waals surface area contributed by atoms with Gasteiger partial charge in [0.2, 0.25) is 5.78 Å². The second-order valence-electron chi connectivity index (χ2n) is 7.28. The molecule has 1 aliphatic rings. The molecular weight excluding hydrogens is 416 g/mol. The molecule has 3 aromatic rings. The standard InChI is InChI=1S/C23H22N2O7/c1-4-31-19-8-13-14(9-21(27)28)22(24-15(13)10-18(19)30-3)23(29)12-5-6-17-16(7-12)25(2)20(26)11-32-17/h5-8,10,24H,4,9,11H2,1-3H3,(H,27,28). The molecule has 2 N–H and O–H groups in total. The number of aromatic nitrogens is 1. The first-order chi connectivity index (χ1) is 15.3. The highest BCUT2D eigenvalue weighted by atomic mass is 16.5. The van der Waals surface area contributed by atoms with Crippen molar-refractivity contribution < 1.29 is 33.7 Å². The molecule has 0 unspecified atom stereocenters. The van der Waals surface area contributed by atoms with Crippen LogP contribution in [0, 0.1) is 0 Å². The number of anilines is 1. The molecule has 0 fully saturated rings. The van der Waals surface area contributed by atoms with Crippen LogP contribution in [0.15, 0.2) is 30.3 Å². The molecule has 0 spiro atoms. The van der Waals surface area contributed by atoms with Crippen molar-refractivity contribution in [2.75, 3.05) is 32.3 Å². The summed E-state index contributed by atoms with van der Waals surface area (Å²) < 4.78 is 16.4. The molecule has 9 heteroatoms. The lowest BCUT2D eigenvalue weighted by atomic mass is 10.00. The number of likely N-dealkylation sites (N-methyl/N-ethyl adjacent to an activating group) is 1. The van der Waals surface area contributed by atoms with E-state index in [1.54, 1.807) is 37.4 Å². The minimum absolute atomic E-state index is 0.0639. The van der Waals surface area contributed by atoms with Gasteiger partial charge >= 0.3 is 5.97 Å². The fourth-order valence-electron chi connectivity index (χ4n) is 3.77. The Bertz CT molecular complexity index is 1240. The van der Waals surface area contributed by atoms with Crippen LogP contribution >= 0.6 is 0 Å². The zero-order chi connectivity index (χ0) is 23.0. The number of benzene rings is 2. The predicted octanol–water partition coefficient (Wildman–Crippen LogP) is 2.79. The highest BCUT2D eigenvalue weighted by Gasteiger charge is 2.26. The third-order valence-corrected chi connectivity index (χ3v) is 5.35. The average Bonchev–Trinajstić information content (AvgIpc) is 3.12. The van der Waals surface area contributed by atoms with Crippen LogP contribution in [-0.4, -0.2) is 55.1 Å². The molecule has 2 aromatic carbocycles. The third-order valence-electron chi connectivity index (χ3n) is 5.35. The Morgan fingerprint density at radius 1 is 1.22 bits per heavy atom. The molecule has 0 bridgehead atoms. The summed E-state index contributed by atoms with van der Waals surface area (Å²) in [7, 11) is 3.11. The summed E-state index contributed by atoms with van der Waals surface area (Å²) in [5.74, 6) is -0.279. The largest absolute Gasteiger partial charge is 0.493 e. The number of rotatable bonds is 7. The van der Waals surface area contributed by atoms with Gasteiger partial charge in [-0.25, -0.2) is 0 Å². The zero-order valence-corrected chi connectivity index (χ0v) is 17.9. The van der Waals surface area contributed by atoms with Crippen LogP contribution in [0.4, 0.5) is 5.69 Å². The van der Waals surface area contributed by atoms with E-state index in [2.05, 4.69) is 4.98 Å². The van der Waals surface area contributed by atoms with Crippen molar-refractivity contribution in [2.45, 2.75) is 13.3 Å². The van der Waals surface area contributed by atoms with Crippen molar-refractivity contribution in [3.05, 3.63) is 47.2 Å². The smallest absolute Gasteiger partial charge is 0.307 e. The van der Waals surface area contributed by atoms with Crippen molar-refractivity contribution in [2.24, 2.45) is 0 Å². The van der Waals surface area contributed by atoms with E-state index in [9.17, 15) is 19.5 Å². The number of methoxy groups -OCH3 is 1. The highest BCUT2D eigenvalue weighted by molar-refractivity contribution is 6.13. The molecule has 0 saturated carbocycles. The lowest BCUT2D eigenvalue weighted by Gasteiger charge is -2.26. The van der Waals surface area contributed by atoms with Crippen LogP contribution in [0.1, 0.15) is 28.5 Å². The topological polar surface area (TPSA) is 118 Å². The van der Waals surface area contributed by atoms with Gasteiger partial charge in [0, 0.05) is 29.6 Å². The molecule has 0 atom stereocenters. The van der Waals surface area contributed by atoms with Gasteiger partial charge in [-0.1, -0.05) is 0 Å². The van der Waals surface area contributed by atoms with Gasteiger partial charge in [-0.15, -0.1) is 0 Å². The predicted molar refractivity (Wildman–Crippen MR) is 116 cm³/mol. The van der Waals surface area contributed by atoms with Crippen molar-refractivity contribution in [1.82, 2.24) is 4.98 Å². The minimum Gasteiger partial charge on any atom is -0.493 e. The summed E-state index contributed by atoms with van der Waals surface area (Å²) in [6.07, 6.45) is -0.356.